The van der Waals surface area contributed by atoms with Crippen LogP contribution in [0.2, 0.25) is 0 Å². The zero-order valence-electron chi connectivity index (χ0n) is 14.1. The molecular formula is C18H23NO2S4. The van der Waals surface area contributed by atoms with E-state index < -0.39 is 0 Å². The highest BCUT2D eigenvalue weighted by atomic mass is 32.2. The van der Waals surface area contributed by atoms with Crippen molar-refractivity contribution < 1.29 is 9.59 Å². The zero-order valence-corrected chi connectivity index (χ0v) is 17.4. The monoisotopic (exact) mass is 413 g/mol. The molecule has 1 aromatic rings. The molecule has 0 atom stereocenters. The van der Waals surface area contributed by atoms with E-state index in [0.717, 1.165) is 34.5 Å². The quantitative estimate of drug-likeness (QED) is 0.648. The summed E-state index contributed by atoms with van der Waals surface area (Å²) in [6, 6.07) is 7.19. The maximum Gasteiger partial charge on any atom is 0.261 e. The SMILES string of the molecule is O=C1c2ccccc2C(=O)N1C1CSCCSCCCSCCSC1. The number of carbonyl (C=O) groups is 2. The summed E-state index contributed by atoms with van der Waals surface area (Å²) in [7, 11) is 0. The van der Waals surface area contributed by atoms with Crippen LogP contribution >= 0.6 is 47.0 Å². The third-order valence-electron chi connectivity index (χ3n) is 4.13. The van der Waals surface area contributed by atoms with E-state index >= 15 is 0 Å². The van der Waals surface area contributed by atoms with Crippen molar-refractivity contribution >= 4 is 58.9 Å². The molecule has 25 heavy (non-hydrogen) atoms. The Kier molecular flexibility index (Phi) is 7.95. The number of hydrogen-bond donors (Lipinski definition) is 0. The number of imide groups is 1. The van der Waals surface area contributed by atoms with E-state index in [1.54, 1.807) is 12.1 Å². The Balaban J connectivity index is 1.67. The standard InChI is InChI=1S/C18H23NO2S4/c20-17-15-4-1-2-5-16(15)18(21)19(17)14-12-24-10-8-22-6-3-7-23-9-11-25-13-14/h1-2,4-5,14H,3,6-13H2. The predicted octanol–water partition coefficient (Wildman–Crippen LogP) is 3.99. The second kappa shape index (κ2) is 10.2. The van der Waals surface area contributed by atoms with Gasteiger partial charge in [0.2, 0.25) is 0 Å². The Morgan fingerprint density at radius 1 is 0.720 bits per heavy atom. The molecule has 0 aromatic heterocycles. The van der Waals surface area contributed by atoms with Crippen LogP contribution in [0.5, 0.6) is 0 Å². The van der Waals surface area contributed by atoms with Crippen molar-refractivity contribution in [2.24, 2.45) is 0 Å². The number of benzene rings is 1. The molecule has 2 heterocycles. The molecule has 0 bridgehead atoms. The number of amides is 2. The van der Waals surface area contributed by atoms with Gasteiger partial charge < -0.3 is 0 Å². The van der Waals surface area contributed by atoms with Crippen LogP contribution in [-0.4, -0.2) is 68.8 Å². The second-order valence-electron chi connectivity index (χ2n) is 5.91. The molecule has 0 saturated carbocycles. The van der Waals surface area contributed by atoms with Gasteiger partial charge in [-0.1, -0.05) is 12.1 Å². The fourth-order valence-corrected chi connectivity index (χ4v) is 7.61. The number of fused-ring (bicyclic) bond motifs is 1. The van der Waals surface area contributed by atoms with Crippen LogP contribution in [0.25, 0.3) is 0 Å². The van der Waals surface area contributed by atoms with Gasteiger partial charge in [0, 0.05) is 34.5 Å². The number of nitrogens with zero attached hydrogens (tertiary/aromatic N) is 1. The molecule has 136 valence electrons. The van der Waals surface area contributed by atoms with Crippen LogP contribution in [-0.2, 0) is 0 Å². The van der Waals surface area contributed by atoms with Gasteiger partial charge in [-0.3, -0.25) is 14.5 Å². The first-order chi connectivity index (χ1) is 12.3. The van der Waals surface area contributed by atoms with E-state index in [1.165, 1.54) is 22.8 Å². The smallest absolute Gasteiger partial charge is 0.261 e. The third-order valence-corrected chi connectivity index (χ3v) is 9.02. The average Bonchev–Trinajstić information content (AvgIpc) is 2.88. The van der Waals surface area contributed by atoms with Crippen molar-refractivity contribution in [2.45, 2.75) is 12.5 Å². The minimum Gasteiger partial charge on any atom is -0.270 e. The molecule has 2 amide bonds. The minimum absolute atomic E-state index is 0.0136. The summed E-state index contributed by atoms with van der Waals surface area (Å²) in [6.45, 7) is 0. The summed E-state index contributed by atoms with van der Waals surface area (Å²) in [4.78, 5) is 27.0. The summed E-state index contributed by atoms with van der Waals surface area (Å²) < 4.78 is 0. The van der Waals surface area contributed by atoms with Gasteiger partial charge in [0.25, 0.3) is 11.8 Å². The molecular weight excluding hydrogens is 390 g/mol. The molecule has 0 unspecified atom stereocenters. The molecule has 7 heteroatoms. The highest BCUT2D eigenvalue weighted by Gasteiger charge is 2.39. The summed E-state index contributed by atoms with van der Waals surface area (Å²) >= 11 is 7.78. The molecule has 3 rings (SSSR count). The summed E-state index contributed by atoms with van der Waals surface area (Å²) in [6.07, 6.45) is 1.29. The van der Waals surface area contributed by atoms with Gasteiger partial charge in [0.1, 0.15) is 0 Å². The highest BCUT2D eigenvalue weighted by molar-refractivity contribution is 8.04. The first-order valence-electron chi connectivity index (χ1n) is 8.57. The average molecular weight is 414 g/mol. The van der Waals surface area contributed by atoms with Crippen LogP contribution < -0.4 is 0 Å². The third kappa shape index (κ3) is 5.15. The Bertz CT molecular complexity index is 561. The Hall–Kier alpha value is -0.240. The van der Waals surface area contributed by atoms with Crippen LogP contribution in [0.1, 0.15) is 27.1 Å². The number of thioether (sulfide) groups is 4. The topological polar surface area (TPSA) is 37.4 Å². The Morgan fingerprint density at radius 3 is 1.72 bits per heavy atom. The first kappa shape index (κ1) is 19.5. The number of carbonyl (C=O) groups excluding carboxylic acids is 2. The van der Waals surface area contributed by atoms with Crippen molar-refractivity contribution in [3.8, 4) is 0 Å². The molecule has 0 aliphatic carbocycles. The molecule has 0 N–H and O–H groups in total. The fourth-order valence-electron chi connectivity index (χ4n) is 2.88. The number of rotatable bonds is 1. The highest BCUT2D eigenvalue weighted by Crippen LogP contribution is 2.28. The molecule has 2 aliphatic rings. The second-order valence-corrected chi connectivity index (χ2v) is 10.7. The lowest BCUT2D eigenvalue weighted by molar-refractivity contribution is 0.0614. The van der Waals surface area contributed by atoms with Crippen LogP contribution in [0.4, 0.5) is 0 Å². The molecule has 0 radical (unpaired) electrons. The van der Waals surface area contributed by atoms with E-state index in [0.29, 0.717) is 11.1 Å². The zero-order chi connectivity index (χ0) is 17.5. The lowest BCUT2D eigenvalue weighted by atomic mass is 10.1. The molecule has 0 spiro atoms. The summed E-state index contributed by atoms with van der Waals surface area (Å²) in [5, 5.41) is 0. The molecule has 1 saturated heterocycles. The van der Waals surface area contributed by atoms with Crippen molar-refractivity contribution in [3.05, 3.63) is 35.4 Å². The summed E-state index contributed by atoms with van der Waals surface area (Å²) in [5.74, 6) is 8.40. The van der Waals surface area contributed by atoms with Gasteiger partial charge in [0.05, 0.1) is 17.2 Å². The van der Waals surface area contributed by atoms with Gasteiger partial charge >= 0.3 is 0 Å². The minimum atomic E-state index is -0.114. The van der Waals surface area contributed by atoms with Crippen LogP contribution in [0.3, 0.4) is 0 Å². The normalized spacial score (nSPS) is 21.8. The van der Waals surface area contributed by atoms with E-state index in [9.17, 15) is 9.59 Å². The van der Waals surface area contributed by atoms with E-state index in [4.69, 9.17) is 0 Å². The van der Waals surface area contributed by atoms with E-state index in [1.807, 2.05) is 59.2 Å². The Labute approximate surface area is 166 Å². The predicted molar refractivity (Wildman–Crippen MR) is 115 cm³/mol. The fraction of sp³-hybridized carbons (Fsp3) is 0.556. The van der Waals surface area contributed by atoms with Crippen molar-refractivity contribution in [3.63, 3.8) is 0 Å². The van der Waals surface area contributed by atoms with Gasteiger partial charge in [-0.25, -0.2) is 0 Å². The largest absolute Gasteiger partial charge is 0.270 e. The molecule has 1 fully saturated rings. The maximum absolute atomic E-state index is 12.8. The molecule has 2 aliphatic heterocycles. The van der Waals surface area contributed by atoms with Gasteiger partial charge in [-0.2, -0.15) is 47.0 Å². The summed E-state index contributed by atoms with van der Waals surface area (Å²) in [5.41, 5.74) is 1.13. The van der Waals surface area contributed by atoms with Crippen LogP contribution in [0.15, 0.2) is 24.3 Å². The maximum atomic E-state index is 12.8. The molecule has 1 aromatic carbocycles. The van der Waals surface area contributed by atoms with Gasteiger partial charge in [-0.05, 0) is 30.1 Å². The van der Waals surface area contributed by atoms with Gasteiger partial charge in [0.15, 0.2) is 0 Å². The first-order valence-corrected chi connectivity index (χ1v) is 13.2. The number of hydrogen-bond acceptors (Lipinski definition) is 6. The van der Waals surface area contributed by atoms with E-state index in [-0.39, 0.29) is 17.9 Å². The lowest BCUT2D eigenvalue weighted by Gasteiger charge is -2.26. The lowest BCUT2D eigenvalue weighted by Crippen LogP contribution is -2.43. The van der Waals surface area contributed by atoms with Crippen LogP contribution in [0, 0.1) is 0 Å². The van der Waals surface area contributed by atoms with Crippen molar-refractivity contribution in [2.75, 3.05) is 46.0 Å². The van der Waals surface area contributed by atoms with E-state index in [2.05, 4.69) is 0 Å². The molecule has 3 nitrogen and oxygen atoms in total. The van der Waals surface area contributed by atoms with Crippen molar-refractivity contribution in [1.82, 2.24) is 4.90 Å². The Morgan fingerprint density at radius 2 is 1.20 bits per heavy atom. The van der Waals surface area contributed by atoms with Crippen molar-refractivity contribution in [1.29, 1.82) is 0 Å². The van der Waals surface area contributed by atoms with Gasteiger partial charge in [-0.15, -0.1) is 0 Å².